The highest BCUT2D eigenvalue weighted by molar-refractivity contribution is 5.66. The molecular weight excluding hydrogens is 392 g/mol. The Morgan fingerprint density at radius 3 is 2.44 bits per heavy atom. The van der Waals surface area contributed by atoms with Crippen LogP contribution in [0.4, 0.5) is 0 Å². The van der Waals surface area contributed by atoms with Gasteiger partial charge >= 0.3 is 5.97 Å². The molecule has 0 bridgehead atoms. The number of ether oxygens (including phenoxy) is 1. The lowest BCUT2D eigenvalue weighted by Crippen LogP contribution is -2.46. The number of fused-ring (bicyclic) bond motifs is 5. The van der Waals surface area contributed by atoms with Crippen LogP contribution in [0.5, 0.6) is 0 Å². The summed E-state index contributed by atoms with van der Waals surface area (Å²) in [5.74, 6) is 4.11. The van der Waals surface area contributed by atoms with Gasteiger partial charge in [0.1, 0.15) is 6.10 Å². The molecule has 0 aliphatic heterocycles. The highest BCUT2D eigenvalue weighted by atomic mass is 16.5. The highest BCUT2D eigenvalue weighted by Crippen LogP contribution is 2.66. The summed E-state index contributed by atoms with van der Waals surface area (Å²) in [6, 6.07) is 0. The van der Waals surface area contributed by atoms with Crippen LogP contribution in [0.1, 0.15) is 93.4 Å². The fraction of sp³-hybridized carbons (Fsp3) is 0.767. The Morgan fingerprint density at radius 2 is 1.75 bits per heavy atom. The van der Waals surface area contributed by atoms with E-state index in [2.05, 4.69) is 65.8 Å². The number of carbonyl (C=O) groups is 1. The molecule has 0 spiro atoms. The monoisotopic (exact) mass is 438 g/mol. The summed E-state index contributed by atoms with van der Waals surface area (Å²) >= 11 is 0. The van der Waals surface area contributed by atoms with Gasteiger partial charge in [-0.05, 0) is 84.9 Å². The molecule has 4 rings (SSSR count). The Balaban J connectivity index is 1.54. The van der Waals surface area contributed by atoms with Gasteiger partial charge in [-0.2, -0.15) is 0 Å². The van der Waals surface area contributed by atoms with Gasteiger partial charge in [-0.1, -0.05) is 77.0 Å². The molecule has 0 aromatic heterocycles. The summed E-state index contributed by atoms with van der Waals surface area (Å²) < 4.78 is 5.59. The smallest absolute Gasteiger partial charge is 0.302 e. The molecule has 178 valence electrons. The molecule has 0 heterocycles. The summed E-state index contributed by atoms with van der Waals surface area (Å²) in [5, 5.41) is 0. The summed E-state index contributed by atoms with van der Waals surface area (Å²) in [6.45, 7) is 16.1. The third kappa shape index (κ3) is 4.05. The maximum atomic E-state index is 11.5. The van der Waals surface area contributed by atoms with E-state index in [-0.39, 0.29) is 17.5 Å². The van der Waals surface area contributed by atoms with Crippen LogP contribution in [0.25, 0.3) is 0 Å². The molecule has 3 saturated carbocycles. The van der Waals surface area contributed by atoms with Crippen molar-refractivity contribution >= 4 is 5.97 Å². The van der Waals surface area contributed by atoms with Crippen LogP contribution >= 0.6 is 0 Å². The summed E-state index contributed by atoms with van der Waals surface area (Å²) in [6.07, 6.45) is 18.5. The summed E-state index contributed by atoms with van der Waals surface area (Å²) in [4.78, 5) is 11.5. The van der Waals surface area contributed by atoms with Crippen molar-refractivity contribution in [2.24, 2.45) is 46.3 Å². The van der Waals surface area contributed by atoms with E-state index in [0.717, 1.165) is 31.1 Å². The predicted octanol–water partition coefficient (Wildman–Crippen LogP) is 7.90. The lowest BCUT2D eigenvalue weighted by molar-refractivity contribution is -0.148. The molecule has 8 atom stereocenters. The zero-order valence-corrected chi connectivity index (χ0v) is 21.6. The van der Waals surface area contributed by atoms with Crippen molar-refractivity contribution in [3.05, 3.63) is 35.5 Å². The van der Waals surface area contributed by atoms with Crippen LogP contribution in [0.3, 0.4) is 0 Å². The standard InChI is InChI=1S/C30H46O2/c1-19(2)20(3)8-9-21(4)26-12-13-27-25-11-10-23-18-24(32-22(5)31)14-16-29(23,6)28(25)15-17-30(26,27)7/h8-11,19-21,24,26-28H,12-18H2,1-7H3. The van der Waals surface area contributed by atoms with E-state index < -0.39 is 0 Å². The van der Waals surface area contributed by atoms with Crippen molar-refractivity contribution in [1.82, 2.24) is 0 Å². The molecule has 4 aliphatic rings. The Morgan fingerprint density at radius 1 is 1.00 bits per heavy atom. The van der Waals surface area contributed by atoms with Crippen LogP contribution in [-0.2, 0) is 9.53 Å². The second-order valence-electron chi connectivity index (χ2n) is 12.4. The molecule has 8 unspecified atom stereocenters. The van der Waals surface area contributed by atoms with Crippen molar-refractivity contribution in [2.45, 2.75) is 99.5 Å². The van der Waals surface area contributed by atoms with Gasteiger partial charge < -0.3 is 4.74 Å². The first-order valence-corrected chi connectivity index (χ1v) is 13.3. The Labute approximate surface area is 197 Å². The molecule has 0 radical (unpaired) electrons. The average molecular weight is 439 g/mol. The zero-order valence-electron chi connectivity index (χ0n) is 21.6. The van der Waals surface area contributed by atoms with E-state index in [1.54, 1.807) is 12.5 Å². The SMILES string of the molecule is CC(=O)OC1CCC2(C)C(=CC=C3C2CCC2(C)C3CCC2C(C)C=CC(C)C(C)C)C1. The van der Waals surface area contributed by atoms with Crippen LogP contribution in [-0.4, -0.2) is 12.1 Å². The van der Waals surface area contributed by atoms with E-state index in [1.165, 1.54) is 31.3 Å². The molecule has 0 aromatic rings. The van der Waals surface area contributed by atoms with Crippen molar-refractivity contribution < 1.29 is 9.53 Å². The van der Waals surface area contributed by atoms with Gasteiger partial charge in [-0.15, -0.1) is 0 Å². The molecule has 0 aromatic carbocycles. The molecule has 2 nitrogen and oxygen atoms in total. The van der Waals surface area contributed by atoms with Crippen LogP contribution in [0.15, 0.2) is 35.5 Å². The van der Waals surface area contributed by atoms with E-state index >= 15 is 0 Å². The number of hydrogen-bond acceptors (Lipinski definition) is 2. The first kappa shape index (κ1) is 23.8. The molecular formula is C30H46O2. The quantitative estimate of drug-likeness (QED) is 0.322. The molecule has 0 N–H and O–H groups in total. The van der Waals surface area contributed by atoms with Crippen molar-refractivity contribution in [2.75, 3.05) is 0 Å². The minimum atomic E-state index is -0.136. The number of allylic oxidation sites excluding steroid dienone is 5. The maximum Gasteiger partial charge on any atom is 0.302 e. The first-order valence-electron chi connectivity index (χ1n) is 13.3. The molecule has 4 aliphatic carbocycles. The van der Waals surface area contributed by atoms with Crippen LogP contribution in [0, 0.1) is 46.3 Å². The number of hydrogen-bond donors (Lipinski definition) is 0. The maximum absolute atomic E-state index is 11.5. The van der Waals surface area contributed by atoms with Gasteiger partial charge in [-0.25, -0.2) is 0 Å². The number of rotatable bonds is 5. The largest absolute Gasteiger partial charge is 0.462 e. The highest BCUT2D eigenvalue weighted by Gasteiger charge is 2.56. The van der Waals surface area contributed by atoms with Crippen LogP contribution in [0.2, 0.25) is 0 Å². The van der Waals surface area contributed by atoms with Crippen molar-refractivity contribution in [3.63, 3.8) is 0 Å². The normalized spacial score (nSPS) is 40.8. The minimum Gasteiger partial charge on any atom is -0.462 e. The summed E-state index contributed by atoms with van der Waals surface area (Å²) in [5.41, 5.74) is 3.98. The van der Waals surface area contributed by atoms with Gasteiger partial charge in [-0.3, -0.25) is 4.79 Å². The lowest BCUT2D eigenvalue weighted by Gasteiger charge is -2.55. The number of esters is 1. The third-order valence-electron chi connectivity index (χ3n) is 10.3. The van der Waals surface area contributed by atoms with Crippen LogP contribution < -0.4 is 0 Å². The Kier molecular flexibility index (Phi) is 6.56. The molecule has 32 heavy (non-hydrogen) atoms. The Hall–Kier alpha value is -1.31. The summed E-state index contributed by atoms with van der Waals surface area (Å²) in [7, 11) is 0. The molecule has 2 heteroatoms. The topological polar surface area (TPSA) is 26.3 Å². The van der Waals surface area contributed by atoms with E-state index in [4.69, 9.17) is 4.74 Å². The third-order valence-corrected chi connectivity index (χ3v) is 10.3. The fourth-order valence-electron chi connectivity index (χ4n) is 7.92. The lowest BCUT2D eigenvalue weighted by atomic mass is 9.50. The molecule has 0 saturated heterocycles. The minimum absolute atomic E-state index is 0.0763. The van der Waals surface area contributed by atoms with Gasteiger partial charge in [0.25, 0.3) is 0 Å². The zero-order chi connectivity index (χ0) is 23.3. The van der Waals surface area contributed by atoms with Crippen molar-refractivity contribution in [1.29, 1.82) is 0 Å². The van der Waals surface area contributed by atoms with Gasteiger partial charge in [0.15, 0.2) is 0 Å². The van der Waals surface area contributed by atoms with Crippen molar-refractivity contribution in [3.8, 4) is 0 Å². The average Bonchev–Trinajstić information content (AvgIpc) is 3.08. The van der Waals surface area contributed by atoms with E-state index in [9.17, 15) is 4.79 Å². The fourth-order valence-corrected chi connectivity index (χ4v) is 7.92. The first-order chi connectivity index (χ1) is 15.1. The second kappa shape index (κ2) is 8.80. The Bertz CT molecular complexity index is 817. The molecule has 0 amide bonds. The van der Waals surface area contributed by atoms with E-state index in [1.807, 2.05) is 0 Å². The van der Waals surface area contributed by atoms with E-state index in [0.29, 0.717) is 29.1 Å². The van der Waals surface area contributed by atoms with Gasteiger partial charge in [0.05, 0.1) is 0 Å². The second-order valence-corrected chi connectivity index (χ2v) is 12.4. The van der Waals surface area contributed by atoms with Gasteiger partial charge in [0.2, 0.25) is 0 Å². The molecule has 3 fully saturated rings. The van der Waals surface area contributed by atoms with Gasteiger partial charge in [0, 0.05) is 13.3 Å². The predicted molar refractivity (Wildman–Crippen MR) is 133 cm³/mol. The number of carbonyl (C=O) groups excluding carboxylic acids is 1.